The number of benzene rings is 2. The van der Waals surface area contributed by atoms with E-state index in [0.29, 0.717) is 33.1 Å². The normalized spacial score (nSPS) is 17.5. The molecule has 2 heterocycles. The lowest BCUT2D eigenvalue weighted by molar-refractivity contribution is -0.114. The van der Waals surface area contributed by atoms with Crippen LogP contribution in [0.25, 0.3) is 6.08 Å². The third-order valence-corrected chi connectivity index (χ3v) is 7.01. The molecular formula is C22H17BrN2O3S2. The summed E-state index contributed by atoms with van der Waals surface area (Å²) in [6.07, 6.45) is 3.44. The number of ether oxygens (including phenoxy) is 2. The van der Waals surface area contributed by atoms with Crippen LogP contribution >= 0.6 is 39.0 Å². The molecule has 0 aliphatic carbocycles. The van der Waals surface area contributed by atoms with Crippen molar-refractivity contribution in [3.05, 3.63) is 79.6 Å². The number of thioether (sulfide) groups is 1. The van der Waals surface area contributed by atoms with E-state index in [0.717, 1.165) is 15.6 Å². The summed E-state index contributed by atoms with van der Waals surface area (Å²) in [6, 6.07) is 13.5. The van der Waals surface area contributed by atoms with E-state index in [-0.39, 0.29) is 5.78 Å². The van der Waals surface area contributed by atoms with Crippen molar-refractivity contribution in [3.8, 4) is 11.5 Å². The van der Waals surface area contributed by atoms with Crippen molar-refractivity contribution in [1.29, 1.82) is 5.41 Å². The zero-order chi connectivity index (χ0) is 21.1. The number of allylic oxidation sites excluding steroid dienone is 1. The molecule has 1 fully saturated rings. The van der Waals surface area contributed by atoms with Crippen LogP contribution in [0.1, 0.15) is 22.1 Å². The molecule has 8 heteroatoms. The molecule has 1 saturated heterocycles. The predicted octanol–water partition coefficient (Wildman–Crippen LogP) is 5.91. The molecule has 4 rings (SSSR count). The molecule has 3 aromatic rings. The zero-order valence-electron chi connectivity index (χ0n) is 15.9. The van der Waals surface area contributed by atoms with Crippen LogP contribution < -0.4 is 9.47 Å². The van der Waals surface area contributed by atoms with E-state index in [1.807, 2.05) is 47.8 Å². The van der Waals surface area contributed by atoms with Crippen LogP contribution in [0.15, 0.2) is 63.4 Å². The van der Waals surface area contributed by atoms with E-state index in [2.05, 4.69) is 20.9 Å². The standard InChI is InChI=1S/C22H17BrN2O3S2/c1-27-16-9-14(15(23)11-17(16)28-12-13-5-3-2-4-6-13)10-18-20(26)19(21(24)30-18)22-25-7-8-29-22/h2-11,19,24H,12H2,1H3/b18-10-,24-21?/t19-/m1/s1. The molecule has 0 unspecified atom stereocenters. The highest BCUT2D eigenvalue weighted by Crippen LogP contribution is 2.43. The fraction of sp³-hybridized carbons (Fsp3) is 0.136. The lowest BCUT2D eigenvalue weighted by atomic mass is 10.0. The van der Waals surface area contributed by atoms with Crippen LogP contribution in [0.2, 0.25) is 0 Å². The number of hydrogen-bond acceptors (Lipinski definition) is 7. The second-order valence-electron chi connectivity index (χ2n) is 6.44. The van der Waals surface area contributed by atoms with Crippen LogP contribution in [0.3, 0.4) is 0 Å². The monoisotopic (exact) mass is 500 g/mol. The minimum atomic E-state index is -0.601. The summed E-state index contributed by atoms with van der Waals surface area (Å²) >= 11 is 6.14. The van der Waals surface area contributed by atoms with Gasteiger partial charge in [0, 0.05) is 16.0 Å². The summed E-state index contributed by atoms with van der Waals surface area (Å²) < 4.78 is 12.2. The number of Topliss-reactive ketones (excluding diaryl/α,β-unsaturated/α-hetero) is 1. The van der Waals surface area contributed by atoms with Gasteiger partial charge in [0.15, 0.2) is 17.3 Å². The predicted molar refractivity (Wildman–Crippen MR) is 125 cm³/mol. The van der Waals surface area contributed by atoms with E-state index in [9.17, 15) is 4.79 Å². The maximum atomic E-state index is 12.9. The summed E-state index contributed by atoms with van der Waals surface area (Å²) in [4.78, 5) is 17.6. The largest absolute Gasteiger partial charge is 0.493 e. The maximum Gasteiger partial charge on any atom is 0.186 e. The van der Waals surface area contributed by atoms with Gasteiger partial charge in [0.1, 0.15) is 17.5 Å². The van der Waals surface area contributed by atoms with Crippen molar-refractivity contribution in [1.82, 2.24) is 4.98 Å². The van der Waals surface area contributed by atoms with Crippen molar-refractivity contribution in [3.63, 3.8) is 0 Å². The van der Waals surface area contributed by atoms with E-state index in [1.54, 1.807) is 19.4 Å². The Bertz CT molecular complexity index is 1110. The average Bonchev–Trinajstić information content (AvgIpc) is 3.36. The van der Waals surface area contributed by atoms with Crippen molar-refractivity contribution in [2.24, 2.45) is 0 Å². The third-order valence-electron chi connectivity index (χ3n) is 4.49. The first kappa shape index (κ1) is 20.8. The van der Waals surface area contributed by atoms with Gasteiger partial charge in [-0.2, -0.15) is 0 Å². The zero-order valence-corrected chi connectivity index (χ0v) is 19.1. The van der Waals surface area contributed by atoms with Crippen molar-refractivity contribution >= 4 is 55.9 Å². The van der Waals surface area contributed by atoms with Gasteiger partial charge in [-0.1, -0.05) is 58.0 Å². The number of methoxy groups -OCH3 is 1. The Labute approximate surface area is 190 Å². The number of hydrogen-bond donors (Lipinski definition) is 1. The third kappa shape index (κ3) is 4.35. The number of nitrogens with zero attached hydrogens (tertiary/aromatic N) is 1. The molecule has 0 amide bonds. The van der Waals surface area contributed by atoms with Crippen LogP contribution in [0.5, 0.6) is 11.5 Å². The molecule has 0 bridgehead atoms. The second-order valence-corrected chi connectivity index (χ2v) is 9.31. The van der Waals surface area contributed by atoms with Gasteiger partial charge in [-0.3, -0.25) is 10.2 Å². The molecule has 30 heavy (non-hydrogen) atoms. The van der Waals surface area contributed by atoms with Crippen molar-refractivity contribution in [2.75, 3.05) is 7.11 Å². The van der Waals surface area contributed by atoms with Gasteiger partial charge in [0.25, 0.3) is 0 Å². The second kappa shape index (κ2) is 9.16. The molecule has 0 radical (unpaired) electrons. The summed E-state index contributed by atoms with van der Waals surface area (Å²) in [5.41, 5.74) is 1.84. The van der Waals surface area contributed by atoms with Crippen LogP contribution in [0.4, 0.5) is 0 Å². The maximum absolute atomic E-state index is 12.9. The molecule has 1 aromatic heterocycles. The quantitative estimate of drug-likeness (QED) is 0.425. The summed E-state index contributed by atoms with van der Waals surface area (Å²) in [5.74, 6) is 0.475. The van der Waals surface area contributed by atoms with E-state index >= 15 is 0 Å². The highest BCUT2D eigenvalue weighted by Gasteiger charge is 2.38. The van der Waals surface area contributed by atoms with Gasteiger partial charge in [-0.25, -0.2) is 4.98 Å². The Morgan fingerprint density at radius 1 is 1.23 bits per heavy atom. The lowest BCUT2D eigenvalue weighted by Crippen LogP contribution is -2.11. The first-order valence-electron chi connectivity index (χ1n) is 9.02. The molecule has 2 aromatic carbocycles. The Hall–Kier alpha value is -2.42. The van der Waals surface area contributed by atoms with E-state index in [4.69, 9.17) is 14.9 Å². The summed E-state index contributed by atoms with van der Waals surface area (Å²) in [7, 11) is 1.58. The number of nitrogens with one attached hydrogen (secondary N) is 1. The van der Waals surface area contributed by atoms with Gasteiger partial charge in [-0.05, 0) is 29.3 Å². The highest BCUT2D eigenvalue weighted by molar-refractivity contribution is 9.10. The average molecular weight is 501 g/mol. The SMILES string of the molecule is COc1cc(/C=C2\SC(=N)[C@H](c3nccs3)C2=O)c(Br)cc1OCc1ccccc1. The fourth-order valence-corrected chi connectivity index (χ4v) is 5.23. The smallest absolute Gasteiger partial charge is 0.186 e. The number of halogens is 1. The molecule has 1 aliphatic heterocycles. The first-order chi connectivity index (χ1) is 14.6. The number of rotatable bonds is 6. The molecular weight excluding hydrogens is 484 g/mol. The van der Waals surface area contributed by atoms with Gasteiger partial charge >= 0.3 is 0 Å². The lowest BCUT2D eigenvalue weighted by Gasteiger charge is -2.13. The van der Waals surface area contributed by atoms with Crippen molar-refractivity contribution in [2.45, 2.75) is 12.5 Å². The molecule has 1 atom stereocenters. The molecule has 5 nitrogen and oxygen atoms in total. The fourth-order valence-electron chi connectivity index (χ4n) is 3.00. The summed E-state index contributed by atoms with van der Waals surface area (Å²) in [6.45, 7) is 0.422. The first-order valence-corrected chi connectivity index (χ1v) is 11.5. The Morgan fingerprint density at radius 2 is 2.03 bits per heavy atom. The van der Waals surface area contributed by atoms with E-state index < -0.39 is 5.92 Å². The number of ketones is 1. The van der Waals surface area contributed by atoms with Crippen LogP contribution in [0, 0.1) is 5.41 Å². The molecule has 0 saturated carbocycles. The molecule has 0 spiro atoms. The Balaban J connectivity index is 1.59. The highest BCUT2D eigenvalue weighted by atomic mass is 79.9. The number of carbonyl (C=O) groups excluding carboxylic acids is 1. The molecule has 152 valence electrons. The van der Waals surface area contributed by atoms with Gasteiger partial charge in [0.2, 0.25) is 0 Å². The number of thiazole rings is 1. The van der Waals surface area contributed by atoms with Gasteiger partial charge in [-0.15, -0.1) is 11.3 Å². The van der Waals surface area contributed by atoms with Gasteiger partial charge in [0.05, 0.1) is 17.1 Å². The Kier molecular flexibility index (Phi) is 6.36. The van der Waals surface area contributed by atoms with Crippen LogP contribution in [-0.2, 0) is 11.4 Å². The minimum Gasteiger partial charge on any atom is -0.493 e. The Morgan fingerprint density at radius 3 is 2.73 bits per heavy atom. The molecule has 1 N–H and O–H groups in total. The van der Waals surface area contributed by atoms with Crippen LogP contribution in [-0.4, -0.2) is 22.9 Å². The molecule has 1 aliphatic rings. The van der Waals surface area contributed by atoms with Crippen molar-refractivity contribution < 1.29 is 14.3 Å². The number of carbonyl (C=O) groups is 1. The minimum absolute atomic E-state index is 0.102. The summed E-state index contributed by atoms with van der Waals surface area (Å²) in [5, 5.41) is 11.0. The van der Waals surface area contributed by atoms with E-state index in [1.165, 1.54) is 23.1 Å². The number of aromatic nitrogens is 1. The van der Waals surface area contributed by atoms with Gasteiger partial charge < -0.3 is 9.47 Å². The topological polar surface area (TPSA) is 72.3 Å².